The third kappa shape index (κ3) is 9.63. The Morgan fingerprint density at radius 1 is 1.14 bits per heavy atom. The van der Waals surface area contributed by atoms with Crippen molar-refractivity contribution in [2.24, 2.45) is 11.3 Å². The zero-order valence-corrected chi connectivity index (χ0v) is 17.6. The standard InChI is InChI=1S/C20H33F3O4S/c1-19(2,11-12-20(21,22)23)16(24)13-28-15-10-9-14(18(15)27)7-5-3-4-6-8-17(25)26/h14-16,24H,3-13H2,1-2H3,(H,25,26). The van der Waals surface area contributed by atoms with Gasteiger partial charge in [-0.25, -0.2) is 0 Å². The van der Waals surface area contributed by atoms with Crippen molar-refractivity contribution in [3.8, 4) is 0 Å². The fraction of sp³-hybridized carbons (Fsp3) is 0.900. The number of carbonyl (C=O) groups is 2. The number of thioether (sulfide) groups is 1. The van der Waals surface area contributed by atoms with Crippen LogP contribution in [0.5, 0.6) is 0 Å². The summed E-state index contributed by atoms with van der Waals surface area (Å²) in [7, 11) is 0. The van der Waals surface area contributed by atoms with Crippen molar-refractivity contribution in [1.29, 1.82) is 0 Å². The first-order valence-electron chi connectivity index (χ1n) is 10.0. The highest BCUT2D eigenvalue weighted by atomic mass is 32.2. The van der Waals surface area contributed by atoms with E-state index in [9.17, 15) is 27.9 Å². The molecule has 0 saturated heterocycles. The fourth-order valence-electron chi connectivity index (χ4n) is 3.44. The molecule has 3 unspecified atom stereocenters. The number of alkyl halides is 3. The molecule has 1 aliphatic rings. The fourth-order valence-corrected chi connectivity index (χ4v) is 4.96. The average Bonchev–Trinajstić information content (AvgIpc) is 2.93. The number of aliphatic carboxylic acids is 1. The summed E-state index contributed by atoms with van der Waals surface area (Å²) in [5.41, 5.74) is -0.848. The van der Waals surface area contributed by atoms with Gasteiger partial charge in [0, 0.05) is 24.5 Å². The van der Waals surface area contributed by atoms with Crippen LogP contribution in [0.25, 0.3) is 0 Å². The molecule has 0 bridgehead atoms. The average molecular weight is 427 g/mol. The number of aliphatic hydroxyl groups excluding tert-OH is 1. The van der Waals surface area contributed by atoms with E-state index < -0.39 is 30.1 Å². The number of carboxylic acid groups (broad SMARTS) is 1. The third-order valence-electron chi connectivity index (χ3n) is 5.60. The van der Waals surface area contributed by atoms with Gasteiger partial charge < -0.3 is 10.2 Å². The molecule has 0 heterocycles. The highest BCUT2D eigenvalue weighted by Crippen LogP contribution is 2.38. The van der Waals surface area contributed by atoms with Gasteiger partial charge in [-0.15, -0.1) is 11.8 Å². The minimum absolute atomic E-state index is 0.0207. The summed E-state index contributed by atoms with van der Waals surface area (Å²) in [6.45, 7) is 3.27. The lowest BCUT2D eigenvalue weighted by atomic mass is 9.82. The number of Topliss-reactive ketones (excluding diaryl/α,β-unsaturated/α-hetero) is 1. The Morgan fingerprint density at radius 2 is 1.79 bits per heavy atom. The Hall–Kier alpha value is -0.760. The first kappa shape index (κ1) is 25.3. The van der Waals surface area contributed by atoms with Crippen LogP contribution >= 0.6 is 11.8 Å². The van der Waals surface area contributed by atoms with Gasteiger partial charge in [0.15, 0.2) is 0 Å². The molecule has 2 N–H and O–H groups in total. The van der Waals surface area contributed by atoms with Crippen molar-refractivity contribution in [2.45, 2.75) is 95.6 Å². The van der Waals surface area contributed by atoms with Gasteiger partial charge in [0.1, 0.15) is 5.78 Å². The van der Waals surface area contributed by atoms with Gasteiger partial charge in [-0.2, -0.15) is 13.2 Å². The summed E-state index contributed by atoms with van der Waals surface area (Å²) in [5.74, 6) is -0.304. The van der Waals surface area contributed by atoms with Crippen molar-refractivity contribution in [3.05, 3.63) is 0 Å². The summed E-state index contributed by atoms with van der Waals surface area (Å²) in [6, 6.07) is 0. The Kier molecular flexibility index (Phi) is 10.3. The Balaban J connectivity index is 2.28. The lowest BCUT2D eigenvalue weighted by Gasteiger charge is -2.31. The summed E-state index contributed by atoms with van der Waals surface area (Å²) >= 11 is 1.37. The zero-order chi connectivity index (χ0) is 21.4. The predicted molar refractivity (Wildman–Crippen MR) is 104 cm³/mol. The molecule has 0 aromatic heterocycles. The van der Waals surface area contributed by atoms with Crippen LogP contribution in [-0.2, 0) is 9.59 Å². The number of ketones is 1. The van der Waals surface area contributed by atoms with E-state index >= 15 is 0 Å². The predicted octanol–water partition coefficient (Wildman–Crippen LogP) is 5.22. The van der Waals surface area contributed by atoms with Crippen molar-refractivity contribution in [2.75, 3.05) is 5.75 Å². The molecule has 0 amide bonds. The SMILES string of the molecule is CC(C)(CCC(F)(F)F)C(O)CSC1CCC(CCCCCCC(=O)O)C1=O. The molecule has 0 aliphatic heterocycles. The maximum Gasteiger partial charge on any atom is 0.389 e. The minimum atomic E-state index is -4.23. The molecular weight excluding hydrogens is 393 g/mol. The van der Waals surface area contributed by atoms with Gasteiger partial charge in [-0.05, 0) is 37.5 Å². The summed E-state index contributed by atoms with van der Waals surface area (Å²) in [5, 5.41) is 18.7. The molecule has 3 atom stereocenters. The Bertz CT molecular complexity index is 508. The van der Waals surface area contributed by atoms with E-state index in [1.807, 2.05) is 0 Å². The topological polar surface area (TPSA) is 74.6 Å². The molecule has 1 aliphatic carbocycles. The first-order chi connectivity index (χ1) is 12.9. The summed E-state index contributed by atoms with van der Waals surface area (Å²) < 4.78 is 37.3. The number of aliphatic hydroxyl groups is 1. The van der Waals surface area contributed by atoms with E-state index in [1.165, 1.54) is 11.8 Å². The van der Waals surface area contributed by atoms with Crippen molar-refractivity contribution in [1.82, 2.24) is 0 Å². The van der Waals surface area contributed by atoms with Gasteiger partial charge in [0.25, 0.3) is 0 Å². The van der Waals surface area contributed by atoms with Gasteiger partial charge in [-0.1, -0.05) is 33.1 Å². The number of hydrogen-bond donors (Lipinski definition) is 2. The third-order valence-corrected chi connectivity index (χ3v) is 6.98. The first-order valence-corrected chi connectivity index (χ1v) is 11.1. The van der Waals surface area contributed by atoms with E-state index in [2.05, 4.69) is 0 Å². The van der Waals surface area contributed by atoms with Crippen LogP contribution in [0.1, 0.15) is 78.1 Å². The highest BCUT2D eigenvalue weighted by Gasteiger charge is 2.37. The number of hydrogen-bond acceptors (Lipinski definition) is 4. The number of unbranched alkanes of at least 4 members (excludes halogenated alkanes) is 3. The summed E-state index contributed by atoms with van der Waals surface area (Å²) in [4.78, 5) is 23.0. The second kappa shape index (κ2) is 11.4. The molecule has 28 heavy (non-hydrogen) atoms. The zero-order valence-electron chi connectivity index (χ0n) is 16.8. The van der Waals surface area contributed by atoms with Gasteiger partial charge >= 0.3 is 12.1 Å². The molecule has 4 nitrogen and oxygen atoms in total. The van der Waals surface area contributed by atoms with Gasteiger partial charge in [0.05, 0.1) is 11.4 Å². The van der Waals surface area contributed by atoms with Crippen LogP contribution in [0.3, 0.4) is 0 Å². The number of halogens is 3. The molecule has 0 aromatic rings. The molecule has 8 heteroatoms. The van der Waals surface area contributed by atoms with Crippen LogP contribution in [0, 0.1) is 11.3 Å². The van der Waals surface area contributed by atoms with Crippen LogP contribution in [-0.4, -0.2) is 45.2 Å². The number of rotatable bonds is 13. The van der Waals surface area contributed by atoms with E-state index in [4.69, 9.17) is 5.11 Å². The molecule has 0 radical (unpaired) electrons. The molecule has 1 fully saturated rings. The molecular formula is C20H33F3O4S. The second-order valence-electron chi connectivity index (χ2n) is 8.46. The van der Waals surface area contributed by atoms with Crippen LogP contribution in [0.15, 0.2) is 0 Å². The molecule has 1 saturated carbocycles. The maximum atomic E-state index is 12.5. The molecule has 0 aromatic carbocycles. The summed E-state index contributed by atoms with van der Waals surface area (Å²) in [6.07, 6.45) is -0.277. The van der Waals surface area contributed by atoms with Crippen LogP contribution in [0.4, 0.5) is 13.2 Å². The van der Waals surface area contributed by atoms with E-state index in [-0.39, 0.29) is 35.5 Å². The van der Waals surface area contributed by atoms with E-state index in [0.29, 0.717) is 6.42 Å². The van der Waals surface area contributed by atoms with Crippen LogP contribution < -0.4 is 0 Å². The molecule has 0 spiro atoms. The normalized spacial score (nSPS) is 21.9. The quantitative estimate of drug-likeness (QED) is 0.395. The van der Waals surface area contributed by atoms with Crippen molar-refractivity contribution in [3.63, 3.8) is 0 Å². The van der Waals surface area contributed by atoms with Crippen molar-refractivity contribution < 1.29 is 33.0 Å². The number of carboxylic acids is 1. The van der Waals surface area contributed by atoms with E-state index in [1.54, 1.807) is 13.8 Å². The van der Waals surface area contributed by atoms with E-state index in [0.717, 1.165) is 38.5 Å². The molecule has 1 rings (SSSR count). The van der Waals surface area contributed by atoms with Crippen molar-refractivity contribution >= 4 is 23.5 Å². The Labute approximate surface area is 169 Å². The smallest absolute Gasteiger partial charge is 0.389 e. The van der Waals surface area contributed by atoms with Crippen LogP contribution in [0.2, 0.25) is 0 Å². The lowest BCUT2D eigenvalue weighted by molar-refractivity contribution is -0.143. The largest absolute Gasteiger partial charge is 0.481 e. The molecule has 164 valence electrons. The monoisotopic (exact) mass is 426 g/mol. The lowest BCUT2D eigenvalue weighted by Crippen LogP contribution is -2.33. The Morgan fingerprint density at radius 3 is 2.39 bits per heavy atom. The highest BCUT2D eigenvalue weighted by molar-refractivity contribution is 8.00. The minimum Gasteiger partial charge on any atom is -0.481 e. The number of carbonyl (C=O) groups excluding carboxylic acids is 1. The second-order valence-corrected chi connectivity index (χ2v) is 9.70. The van der Waals surface area contributed by atoms with Gasteiger partial charge in [-0.3, -0.25) is 9.59 Å². The van der Waals surface area contributed by atoms with Gasteiger partial charge in [0.2, 0.25) is 0 Å². The maximum absolute atomic E-state index is 12.5.